The Kier molecular flexibility index (Phi) is 4.61. The Morgan fingerprint density at radius 2 is 1.86 bits per heavy atom. The molecule has 21 heavy (non-hydrogen) atoms. The summed E-state index contributed by atoms with van der Waals surface area (Å²) >= 11 is 0. The van der Waals surface area contributed by atoms with Crippen molar-refractivity contribution >= 4 is 5.97 Å². The van der Waals surface area contributed by atoms with Gasteiger partial charge in [0.25, 0.3) is 0 Å². The highest BCUT2D eigenvalue weighted by Gasteiger charge is 2.11. The van der Waals surface area contributed by atoms with E-state index in [4.69, 9.17) is 19.3 Å². The standard InChI is InChI=1S/C15H15NO5/c1-19-13-7-8-16-12(14(13)20-2)9-21-11-5-3-10(4-6-11)15(17)18/h3-8H,9H2,1-2H3,(H,17,18). The van der Waals surface area contributed by atoms with Gasteiger partial charge in [0, 0.05) is 12.3 Å². The minimum absolute atomic E-state index is 0.187. The van der Waals surface area contributed by atoms with E-state index in [1.165, 1.54) is 19.2 Å². The van der Waals surface area contributed by atoms with Gasteiger partial charge in [0.2, 0.25) is 0 Å². The van der Waals surface area contributed by atoms with Gasteiger partial charge in [-0.3, -0.25) is 4.98 Å². The van der Waals surface area contributed by atoms with Crippen LogP contribution in [0.2, 0.25) is 0 Å². The van der Waals surface area contributed by atoms with Crippen molar-refractivity contribution < 1.29 is 24.1 Å². The molecule has 0 atom stereocenters. The monoisotopic (exact) mass is 289 g/mol. The minimum atomic E-state index is -0.974. The van der Waals surface area contributed by atoms with Crippen molar-refractivity contribution in [3.05, 3.63) is 47.8 Å². The highest BCUT2D eigenvalue weighted by Crippen LogP contribution is 2.29. The molecule has 0 saturated carbocycles. The van der Waals surface area contributed by atoms with Crippen molar-refractivity contribution in [3.63, 3.8) is 0 Å². The van der Waals surface area contributed by atoms with Gasteiger partial charge >= 0.3 is 5.97 Å². The van der Waals surface area contributed by atoms with Crippen LogP contribution in [0, 0.1) is 0 Å². The Morgan fingerprint density at radius 1 is 1.14 bits per heavy atom. The first-order valence-corrected chi connectivity index (χ1v) is 6.17. The number of ether oxygens (including phenoxy) is 3. The van der Waals surface area contributed by atoms with E-state index in [1.54, 1.807) is 31.5 Å². The molecule has 0 radical (unpaired) electrons. The lowest BCUT2D eigenvalue weighted by Gasteiger charge is -2.12. The Hall–Kier alpha value is -2.76. The molecule has 0 unspecified atom stereocenters. The number of benzene rings is 1. The molecule has 2 aromatic rings. The first-order chi connectivity index (χ1) is 10.2. The van der Waals surface area contributed by atoms with E-state index in [-0.39, 0.29) is 12.2 Å². The second-order valence-corrected chi connectivity index (χ2v) is 4.11. The van der Waals surface area contributed by atoms with Crippen LogP contribution in [0.25, 0.3) is 0 Å². The summed E-state index contributed by atoms with van der Waals surface area (Å²) in [5, 5.41) is 8.83. The summed E-state index contributed by atoms with van der Waals surface area (Å²) < 4.78 is 16.0. The molecule has 6 heteroatoms. The van der Waals surface area contributed by atoms with E-state index in [0.717, 1.165) is 0 Å². The van der Waals surface area contributed by atoms with Crippen molar-refractivity contribution in [1.82, 2.24) is 4.98 Å². The van der Waals surface area contributed by atoms with Gasteiger partial charge in [-0.25, -0.2) is 4.79 Å². The summed E-state index contributed by atoms with van der Waals surface area (Å²) in [6.07, 6.45) is 1.60. The lowest BCUT2D eigenvalue weighted by molar-refractivity contribution is 0.0697. The topological polar surface area (TPSA) is 77.9 Å². The molecule has 1 heterocycles. The molecule has 2 rings (SSSR count). The van der Waals surface area contributed by atoms with Crippen LogP contribution in [0.1, 0.15) is 16.1 Å². The second-order valence-electron chi connectivity index (χ2n) is 4.11. The second kappa shape index (κ2) is 6.60. The fraction of sp³-hybridized carbons (Fsp3) is 0.200. The van der Waals surface area contributed by atoms with Gasteiger partial charge in [0.05, 0.1) is 19.8 Å². The quantitative estimate of drug-likeness (QED) is 0.879. The third-order valence-corrected chi connectivity index (χ3v) is 2.84. The summed E-state index contributed by atoms with van der Waals surface area (Å²) in [5.41, 5.74) is 0.804. The number of methoxy groups -OCH3 is 2. The molecule has 0 spiro atoms. The largest absolute Gasteiger partial charge is 0.493 e. The van der Waals surface area contributed by atoms with Crippen LogP contribution in [0.15, 0.2) is 36.5 Å². The molecule has 0 fully saturated rings. The van der Waals surface area contributed by atoms with Crippen molar-refractivity contribution in [2.75, 3.05) is 14.2 Å². The van der Waals surface area contributed by atoms with E-state index in [0.29, 0.717) is 22.9 Å². The fourth-order valence-electron chi connectivity index (χ4n) is 1.80. The predicted octanol–water partition coefficient (Wildman–Crippen LogP) is 2.38. The molecule has 0 aliphatic heterocycles. The normalized spacial score (nSPS) is 10.0. The fourth-order valence-corrected chi connectivity index (χ4v) is 1.80. The zero-order chi connectivity index (χ0) is 15.2. The number of carbonyl (C=O) groups is 1. The number of carboxylic acid groups (broad SMARTS) is 1. The molecule has 6 nitrogen and oxygen atoms in total. The first-order valence-electron chi connectivity index (χ1n) is 6.17. The van der Waals surface area contributed by atoms with Gasteiger partial charge in [-0.15, -0.1) is 0 Å². The Morgan fingerprint density at radius 3 is 2.43 bits per heavy atom. The summed E-state index contributed by atoms with van der Waals surface area (Å²) in [7, 11) is 3.08. The van der Waals surface area contributed by atoms with Gasteiger partial charge in [-0.1, -0.05) is 0 Å². The van der Waals surface area contributed by atoms with Crippen molar-refractivity contribution in [2.24, 2.45) is 0 Å². The van der Waals surface area contributed by atoms with Crippen LogP contribution in [0.3, 0.4) is 0 Å². The highest BCUT2D eigenvalue weighted by molar-refractivity contribution is 5.87. The minimum Gasteiger partial charge on any atom is -0.493 e. The van der Waals surface area contributed by atoms with Gasteiger partial charge in [0.1, 0.15) is 18.1 Å². The maximum atomic E-state index is 10.8. The average molecular weight is 289 g/mol. The molecule has 1 aromatic heterocycles. The number of hydrogen-bond acceptors (Lipinski definition) is 5. The molecule has 110 valence electrons. The number of aromatic carboxylic acids is 1. The van der Waals surface area contributed by atoms with Crippen LogP contribution >= 0.6 is 0 Å². The zero-order valence-electron chi connectivity index (χ0n) is 11.7. The van der Waals surface area contributed by atoms with E-state index in [9.17, 15) is 4.79 Å². The third kappa shape index (κ3) is 3.42. The summed E-state index contributed by atoms with van der Waals surface area (Å²) in [4.78, 5) is 15.0. The molecule has 0 amide bonds. The van der Waals surface area contributed by atoms with E-state index >= 15 is 0 Å². The van der Waals surface area contributed by atoms with E-state index in [2.05, 4.69) is 4.98 Å². The van der Waals surface area contributed by atoms with Crippen LogP contribution < -0.4 is 14.2 Å². The van der Waals surface area contributed by atoms with Crippen molar-refractivity contribution in [1.29, 1.82) is 0 Å². The lowest BCUT2D eigenvalue weighted by atomic mass is 10.2. The third-order valence-electron chi connectivity index (χ3n) is 2.84. The van der Waals surface area contributed by atoms with Gasteiger partial charge in [-0.05, 0) is 24.3 Å². The van der Waals surface area contributed by atoms with Crippen LogP contribution in [0.4, 0.5) is 0 Å². The zero-order valence-corrected chi connectivity index (χ0v) is 11.7. The highest BCUT2D eigenvalue weighted by atomic mass is 16.5. The number of pyridine rings is 1. The summed E-state index contributed by atoms with van der Waals surface area (Å²) in [6.45, 7) is 0.187. The molecule has 0 saturated heterocycles. The molecule has 0 bridgehead atoms. The van der Waals surface area contributed by atoms with Crippen molar-refractivity contribution in [3.8, 4) is 17.2 Å². The van der Waals surface area contributed by atoms with Gasteiger partial charge in [0.15, 0.2) is 11.5 Å². The van der Waals surface area contributed by atoms with Crippen LogP contribution in [-0.4, -0.2) is 30.3 Å². The van der Waals surface area contributed by atoms with Crippen LogP contribution in [0.5, 0.6) is 17.2 Å². The molecule has 0 aliphatic rings. The predicted molar refractivity (Wildman–Crippen MR) is 75.1 cm³/mol. The number of nitrogens with zero attached hydrogens (tertiary/aromatic N) is 1. The average Bonchev–Trinajstić information content (AvgIpc) is 2.52. The number of carboxylic acids is 1. The first kappa shape index (κ1) is 14.6. The maximum absolute atomic E-state index is 10.8. The van der Waals surface area contributed by atoms with Gasteiger partial charge in [-0.2, -0.15) is 0 Å². The SMILES string of the molecule is COc1ccnc(COc2ccc(C(=O)O)cc2)c1OC. The van der Waals surface area contributed by atoms with Gasteiger partial charge < -0.3 is 19.3 Å². The number of hydrogen-bond donors (Lipinski definition) is 1. The Balaban J connectivity index is 2.11. The Labute approximate surface area is 121 Å². The number of aromatic nitrogens is 1. The molecular weight excluding hydrogens is 274 g/mol. The number of rotatable bonds is 6. The maximum Gasteiger partial charge on any atom is 0.335 e. The molecule has 1 N–H and O–H groups in total. The lowest BCUT2D eigenvalue weighted by Crippen LogP contribution is -2.03. The Bertz CT molecular complexity index is 624. The van der Waals surface area contributed by atoms with E-state index < -0.39 is 5.97 Å². The van der Waals surface area contributed by atoms with Crippen LogP contribution in [-0.2, 0) is 6.61 Å². The molecule has 1 aromatic carbocycles. The van der Waals surface area contributed by atoms with E-state index in [1.807, 2.05) is 0 Å². The molecule has 0 aliphatic carbocycles. The smallest absolute Gasteiger partial charge is 0.335 e. The summed E-state index contributed by atoms with van der Waals surface area (Å²) in [5.74, 6) is 0.666. The van der Waals surface area contributed by atoms with Crippen molar-refractivity contribution in [2.45, 2.75) is 6.61 Å². The summed E-state index contributed by atoms with van der Waals surface area (Å²) in [6, 6.07) is 7.85. The molecular formula is C15H15NO5.